The highest BCUT2D eigenvalue weighted by molar-refractivity contribution is 6.03. The third-order valence-corrected chi connectivity index (χ3v) is 6.86. The number of carbonyl (C=O) groups is 2. The summed E-state index contributed by atoms with van der Waals surface area (Å²) >= 11 is 0. The Morgan fingerprint density at radius 3 is 2.37 bits per heavy atom. The highest BCUT2D eigenvalue weighted by Gasteiger charge is 2.22. The summed E-state index contributed by atoms with van der Waals surface area (Å²) in [6, 6.07) is 23.0. The normalized spacial score (nSPS) is 10.9. The highest BCUT2D eigenvalue weighted by Crippen LogP contribution is 2.36. The zero-order valence-corrected chi connectivity index (χ0v) is 23.4. The van der Waals surface area contributed by atoms with Crippen LogP contribution in [0.2, 0.25) is 0 Å². The van der Waals surface area contributed by atoms with E-state index in [0.717, 1.165) is 33.9 Å². The molecule has 5 aromatic rings. The Balaban J connectivity index is 1.43. The first-order valence-electron chi connectivity index (χ1n) is 13.4. The van der Waals surface area contributed by atoms with Crippen molar-refractivity contribution >= 4 is 23.2 Å². The smallest absolute Gasteiger partial charge is 0.249 e. The van der Waals surface area contributed by atoms with Gasteiger partial charge in [-0.3, -0.25) is 18.8 Å². The van der Waals surface area contributed by atoms with Crippen LogP contribution in [-0.4, -0.2) is 45.2 Å². The monoisotopic (exact) mass is 547 g/mol. The quantitative estimate of drug-likeness (QED) is 0.254. The van der Waals surface area contributed by atoms with Gasteiger partial charge in [0.25, 0.3) is 0 Å². The molecule has 3 N–H and O–H groups in total. The summed E-state index contributed by atoms with van der Waals surface area (Å²) in [6.07, 6.45) is 7.16. The Bertz CT molecular complexity index is 1670. The van der Waals surface area contributed by atoms with Crippen LogP contribution in [0.15, 0.2) is 91.4 Å². The zero-order chi connectivity index (χ0) is 28.9. The fourth-order valence-corrected chi connectivity index (χ4v) is 4.81. The average Bonchev–Trinajstić information content (AvgIpc) is 3.59. The molecular formula is C32H33N7O2. The summed E-state index contributed by atoms with van der Waals surface area (Å²) in [6.45, 7) is 0. The number of para-hydroxylation sites is 1. The van der Waals surface area contributed by atoms with Crippen LogP contribution in [0.5, 0.6) is 0 Å². The molecule has 0 radical (unpaired) electrons. The van der Waals surface area contributed by atoms with Crippen LogP contribution in [0.3, 0.4) is 0 Å². The van der Waals surface area contributed by atoms with Gasteiger partial charge in [0.2, 0.25) is 11.8 Å². The maximum absolute atomic E-state index is 12.7. The molecule has 0 bridgehead atoms. The molecule has 0 aliphatic rings. The molecule has 0 spiro atoms. The van der Waals surface area contributed by atoms with Crippen molar-refractivity contribution < 1.29 is 9.59 Å². The lowest BCUT2D eigenvalue weighted by Gasteiger charge is -2.14. The number of imidazole rings is 1. The minimum Gasteiger partial charge on any atom is -0.378 e. The van der Waals surface area contributed by atoms with E-state index >= 15 is 0 Å². The van der Waals surface area contributed by atoms with Gasteiger partial charge in [-0.1, -0.05) is 30.3 Å². The van der Waals surface area contributed by atoms with Gasteiger partial charge in [-0.15, -0.1) is 0 Å². The van der Waals surface area contributed by atoms with Crippen molar-refractivity contribution in [3.05, 3.63) is 103 Å². The maximum atomic E-state index is 12.7. The lowest BCUT2D eigenvalue weighted by atomic mass is 9.96. The number of hydrogen-bond acceptors (Lipinski definition) is 5. The average molecular weight is 548 g/mol. The molecule has 2 aromatic heterocycles. The van der Waals surface area contributed by atoms with Crippen molar-refractivity contribution in [3.8, 4) is 28.2 Å². The first-order chi connectivity index (χ1) is 19.8. The zero-order valence-electron chi connectivity index (χ0n) is 23.4. The molecule has 5 rings (SSSR count). The third kappa shape index (κ3) is 6.19. The molecule has 2 heterocycles. The van der Waals surface area contributed by atoms with Crippen LogP contribution in [0, 0.1) is 0 Å². The van der Waals surface area contributed by atoms with Crippen LogP contribution in [-0.2, 0) is 18.3 Å². The Labute approximate surface area is 239 Å². The highest BCUT2D eigenvalue weighted by atomic mass is 16.1. The number of benzene rings is 3. The van der Waals surface area contributed by atoms with E-state index in [1.807, 2.05) is 110 Å². The van der Waals surface area contributed by atoms with Crippen molar-refractivity contribution in [1.82, 2.24) is 19.3 Å². The SMILES string of the molecule is CN(C)c1ccc(NC(=O)CCCc2cn(-c3ccccc3)c(-c3c(C(N)=O)cccc3-c3cnn(C)c3)n2)cc1. The minimum absolute atomic E-state index is 0.0525. The molecule has 3 aromatic carbocycles. The fraction of sp³-hybridized carbons (Fsp3) is 0.188. The van der Waals surface area contributed by atoms with Gasteiger partial charge in [0.1, 0.15) is 5.82 Å². The first-order valence-corrected chi connectivity index (χ1v) is 13.4. The number of aromatic nitrogens is 4. The minimum atomic E-state index is -0.537. The number of anilines is 2. The maximum Gasteiger partial charge on any atom is 0.249 e. The number of amides is 2. The molecule has 0 saturated carbocycles. The number of aryl methyl sites for hydroxylation is 2. The molecular weight excluding hydrogens is 514 g/mol. The Kier molecular flexibility index (Phi) is 7.96. The number of primary amides is 1. The van der Waals surface area contributed by atoms with Gasteiger partial charge in [-0.05, 0) is 60.9 Å². The molecule has 41 heavy (non-hydrogen) atoms. The van der Waals surface area contributed by atoms with Gasteiger partial charge in [0, 0.05) is 68.1 Å². The number of rotatable bonds is 10. The Morgan fingerprint density at radius 1 is 0.951 bits per heavy atom. The van der Waals surface area contributed by atoms with Crippen LogP contribution in [0.1, 0.15) is 28.9 Å². The summed E-state index contributed by atoms with van der Waals surface area (Å²) in [5, 5.41) is 7.29. The molecule has 0 atom stereocenters. The van der Waals surface area contributed by atoms with E-state index in [1.54, 1.807) is 16.9 Å². The third-order valence-electron chi connectivity index (χ3n) is 6.86. The molecule has 0 aliphatic carbocycles. The second-order valence-electron chi connectivity index (χ2n) is 10.1. The summed E-state index contributed by atoms with van der Waals surface area (Å²) in [4.78, 5) is 32.3. The van der Waals surface area contributed by atoms with Gasteiger partial charge in [0.05, 0.1) is 17.5 Å². The largest absolute Gasteiger partial charge is 0.378 e. The van der Waals surface area contributed by atoms with E-state index in [2.05, 4.69) is 10.4 Å². The van der Waals surface area contributed by atoms with E-state index in [-0.39, 0.29) is 5.91 Å². The van der Waals surface area contributed by atoms with Crippen LogP contribution >= 0.6 is 0 Å². The summed E-state index contributed by atoms with van der Waals surface area (Å²) in [5.74, 6) is 0.0123. The number of nitrogens with zero attached hydrogens (tertiary/aromatic N) is 5. The standard InChI is InChI=1S/C32H33N7O2/c1-37(2)25-17-15-23(16-18-25)35-29(40)14-7-9-24-21-39(26-10-5-4-6-11-26)32(36-24)30-27(22-19-34-38(3)20-22)12-8-13-28(30)31(33)41/h4-6,8,10-13,15-21H,7,9,14H2,1-3H3,(H2,33,41)(H,35,40). The molecule has 0 saturated heterocycles. The van der Waals surface area contributed by atoms with Gasteiger partial charge < -0.3 is 16.0 Å². The Morgan fingerprint density at radius 2 is 1.71 bits per heavy atom. The van der Waals surface area contributed by atoms with Gasteiger partial charge in [-0.25, -0.2) is 4.98 Å². The molecule has 208 valence electrons. The Hall–Kier alpha value is -5.18. The lowest BCUT2D eigenvalue weighted by Crippen LogP contribution is -2.14. The number of carbonyl (C=O) groups excluding carboxylic acids is 2. The number of nitrogens with one attached hydrogen (secondary N) is 1. The van der Waals surface area contributed by atoms with E-state index in [9.17, 15) is 9.59 Å². The van der Waals surface area contributed by atoms with E-state index < -0.39 is 5.91 Å². The lowest BCUT2D eigenvalue weighted by molar-refractivity contribution is -0.116. The molecule has 0 unspecified atom stereocenters. The summed E-state index contributed by atoms with van der Waals surface area (Å²) < 4.78 is 3.69. The van der Waals surface area contributed by atoms with Crippen LogP contribution < -0.4 is 16.0 Å². The molecule has 9 heteroatoms. The second-order valence-corrected chi connectivity index (χ2v) is 10.1. The van der Waals surface area contributed by atoms with Crippen LogP contribution in [0.25, 0.3) is 28.2 Å². The molecule has 0 aliphatic heterocycles. The van der Waals surface area contributed by atoms with E-state index in [4.69, 9.17) is 10.7 Å². The topological polar surface area (TPSA) is 111 Å². The number of nitrogens with two attached hydrogens (primary N) is 1. The van der Waals surface area contributed by atoms with Gasteiger partial charge in [0.15, 0.2) is 0 Å². The molecule has 9 nitrogen and oxygen atoms in total. The van der Waals surface area contributed by atoms with E-state index in [1.165, 1.54) is 0 Å². The predicted molar refractivity (Wildman–Crippen MR) is 162 cm³/mol. The molecule has 2 amide bonds. The van der Waals surface area contributed by atoms with Gasteiger partial charge in [-0.2, -0.15) is 5.10 Å². The van der Waals surface area contributed by atoms with E-state index in [0.29, 0.717) is 36.2 Å². The summed E-state index contributed by atoms with van der Waals surface area (Å²) in [7, 11) is 5.80. The van der Waals surface area contributed by atoms with Gasteiger partial charge >= 0.3 is 0 Å². The van der Waals surface area contributed by atoms with Crippen molar-refractivity contribution in [1.29, 1.82) is 0 Å². The predicted octanol–water partition coefficient (Wildman–Crippen LogP) is 5.07. The first kappa shape index (κ1) is 27.4. The number of hydrogen-bond donors (Lipinski definition) is 2. The molecule has 0 fully saturated rings. The fourth-order valence-electron chi connectivity index (χ4n) is 4.81. The van der Waals surface area contributed by atoms with Crippen molar-refractivity contribution in [2.75, 3.05) is 24.3 Å². The van der Waals surface area contributed by atoms with Crippen molar-refractivity contribution in [3.63, 3.8) is 0 Å². The van der Waals surface area contributed by atoms with Crippen LogP contribution in [0.4, 0.5) is 11.4 Å². The summed E-state index contributed by atoms with van der Waals surface area (Å²) in [5.41, 5.74) is 12.1. The van der Waals surface area contributed by atoms with Crippen molar-refractivity contribution in [2.24, 2.45) is 12.8 Å². The second kappa shape index (κ2) is 11.9. The van der Waals surface area contributed by atoms with Crippen molar-refractivity contribution in [2.45, 2.75) is 19.3 Å².